The van der Waals surface area contributed by atoms with E-state index in [-0.39, 0.29) is 5.97 Å². The molecule has 0 atom stereocenters. The second-order valence-corrected chi connectivity index (χ2v) is 5.69. The predicted molar refractivity (Wildman–Crippen MR) is 75.4 cm³/mol. The molecule has 0 radical (unpaired) electrons. The van der Waals surface area contributed by atoms with E-state index in [9.17, 15) is 9.90 Å². The first-order valence-electron chi connectivity index (χ1n) is 6.00. The number of methoxy groups -OCH3 is 1. The average molecular weight is 286 g/mol. The molecule has 1 aromatic rings. The summed E-state index contributed by atoms with van der Waals surface area (Å²) in [5.74, 6) is -0.386. The summed E-state index contributed by atoms with van der Waals surface area (Å²) in [6.45, 7) is 4.55. The molecule has 19 heavy (non-hydrogen) atoms. The van der Waals surface area contributed by atoms with Crippen LogP contribution in [0.2, 0.25) is 5.02 Å². The molecule has 106 valence electrons. The van der Waals surface area contributed by atoms with Crippen LogP contribution in [-0.2, 0) is 11.3 Å². The molecule has 0 aliphatic carbocycles. The van der Waals surface area contributed by atoms with Gasteiger partial charge < -0.3 is 9.84 Å². The van der Waals surface area contributed by atoms with Crippen LogP contribution in [0.25, 0.3) is 0 Å². The highest BCUT2D eigenvalue weighted by atomic mass is 35.5. The lowest BCUT2D eigenvalue weighted by atomic mass is 10.1. The molecule has 1 aromatic carbocycles. The first-order chi connectivity index (χ1) is 8.73. The van der Waals surface area contributed by atoms with Gasteiger partial charge in [-0.1, -0.05) is 11.6 Å². The standard InChI is InChI=1S/C14H20ClNO3/c1-14(2,18)9-16(3)8-11-7-10(13(17)19-4)5-6-12(11)15/h5-7,18H,8-9H2,1-4H3. The molecule has 0 unspecified atom stereocenters. The zero-order chi connectivity index (χ0) is 14.6. The smallest absolute Gasteiger partial charge is 0.337 e. The minimum atomic E-state index is -0.777. The minimum absolute atomic E-state index is 0.386. The van der Waals surface area contributed by atoms with E-state index in [2.05, 4.69) is 4.74 Å². The zero-order valence-corrected chi connectivity index (χ0v) is 12.5. The summed E-state index contributed by atoms with van der Waals surface area (Å²) in [6.07, 6.45) is 0. The summed E-state index contributed by atoms with van der Waals surface area (Å²) in [7, 11) is 3.23. The van der Waals surface area contributed by atoms with E-state index in [0.717, 1.165) is 5.56 Å². The molecule has 1 N–H and O–H groups in total. The molecule has 4 nitrogen and oxygen atoms in total. The first kappa shape index (κ1) is 16.0. The van der Waals surface area contributed by atoms with Crippen molar-refractivity contribution in [1.82, 2.24) is 4.90 Å². The molecule has 0 aliphatic rings. The molecular formula is C14H20ClNO3. The van der Waals surface area contributed by atoms with E-state index in [4.69, 9.17) is 11.6 Å². The predicted octanol–water partition coefficient (Wildman–Crippen LogP) is 2.33. The van der Waals surface area contributed by atoms with Gasteiger partial charge in [-0.3, -0.25) is 4.90 Å². The van der Waals surface area contributed by atoms with Crippen molar-refractivity contribution in [1.29, 1.82) is 0 Å². The molecule has 5 heteroatoms. The molecule has 1 rings (SSSR count). The van der Waals surface area contributed by atoms with Gasteiger partial charge in [0, 0.05) is 18.1 Å². The number of carbonyl (C=O) groups is 1. The monoisotopic (exact) mass is 285 g/mol. The van der Waals surface area contributed by atoms with Crippen molar-refractivity contribution in [3.05, 3.63) is 34.3 Å². The fourth-order valence-corrected chi connectivity index (χ4v) is 2.13. The highest BCUT2D eigenvalue weighted by Gasteiger charge is 2.17. The van der Waals surface area contributed by atoms with E-state index in [1.54, 1.807) is 32.0 Å². The van der Waals surface area contributed by atoms with E-state index >= 15 is 0 Å². The number of likely N-dealkylation sites (N-methyl/N-ethyl adjacent to an activating group) is 1. The number of aliphatic hydroxyl groups is 1. The Morgan fingerprint density at radius 3 is 2.63 bits per heavy atom. The molecular weight excluding hydrogens is 266 g/mol. The molecule has 0 spiro atoms. The van der Waals surface area contributed by atoms with Gasteiger partial charge in [0.25, 0.3) is 0 Å². The van der Waals surface area contributed by atoms with Crippen molar-refractivity contribution in [3.8, 4) is 0 Å². The Hall–Kier alpha value is -1.10. The molecule has 0 aliphatic heterocycles. The number of nitrogens with zero attached hydrogens (tertiary/aromatic N) is 1. The van der Waals surface area contributed by atoms with Crippen molar-refractivity contribution in [3.63, 3.8) is 0 Å². The van der Waals surface area contributed by atoms with Gasteiger partial charge in [0.2, 0.25) is 0 Å². The summed E-state index contributed by atoms with van der Waals surface area (Å²) >= 11 is 6.12. The van der Waals surface area contributed by atoms with Gasteiger partial charge in [0.15, 0.2) is 0 Å². The van der Waals surface area contributed by atoms with Crippen molar-refractivity contribution >= 4 is 17.6 Å². The molecule has 0 amide bonds. The van der Waals surface area contributed by atoms with E-state index in [1.165, 1.54) is 7.11 Å². The van der Waals surface area contributed by atoms with Crippen LogP contribution < -0.4 is 0 Å². The molecule has 0 saturated carbocycles. The zero-order valence-electron chi connectivity index (χ0n) is 11.7. The summed E-state index contributed by atoms with van der Waals surface area (Å²) in [4.78, 5) is 13.4. The SMILES string of the molecule is COC(=O)c1ccc(Cl)c(CN(C)CC(C)(C)O)c1. The number of esters is 1. The summed E-state index contributed by atoms with van der Waals surface area (Å²) in [5, 5.41) is 10.4. The van der Waals surface area contributed by atoms with Gasteiger partial charge in [-0.15, -0.1) is 0 Å². The number of rotatable bonds is 5. The lowest BCUT2D eigenvalue weighted by Gasteiger charge is -2.25. The maximum atomic E-state index is 11.5. The van der Waals surface area contributed by atoms with Crippen LogP contribution in [0.3, 0.4) is 0 Å². The lowest BCUT2D eigenvalue weighted by Crippen LogP contribution is -2.35. The fourth-order valence-electron chi connectivity index (χ4n) is 1.95. The van der Waals surface area contributed by atoms with Gasteiger partial charge >= 0.3 is 5.97 Å². The highest BCUT2D eigenvalue weighted by Crippen LogP contribution is 2.20. The van der Waals surface area contributed by atoms with Crippen LogP contribution in [0, 0.1) is 0 Å². The van der Waals surface area contributed by atoms with Crippen molar-refractivity contribution in [2.24, 2.45) is 0 Å². The average Bonchev–Trinajstić information content (AvgIpc) is 2.28. The number of benzene rings is 1. The van der Waals surface area contributed by atoms with E-state index < -0.39 is 5.60 Å². The summed E-state index contributed by atoms with van der Waals surface area (Å²) in [6, 6.07) is 5.03. The lowest BCUT2D eigenvalue weighted by molar-refractivity contribution is 0.0424. The number of hydrogen-bond donors (Lipinski definition) is 1. The van der Waals surface area contributed by atoms with Gasteiger partial charge in [-0.25, -0.2) is 4.79 Å². The molecule has 0 fully saturated rings. The third-order valence-corrected chi connectivity index (χ3v) is 2.93. The third-order valence-electron chi connectivity index (χ3n) is 2.56. The maximum Gasteiger partial charge on any atom is 0.337 e. The van der Waals surface area contributed by atoms with Gasteiger partial charge in [-0.05, 0) is 44.7 Å². The van der Waals surface area contributed by atoms with Crippen LogP contribution in [0.4, 0.5) is 0 Å². The van der Waals surface area contributed by atoms with Crippen molar-refractivity contribution in [2.75, 3.05) is 20.7 Å². The Balaban J connectivity index is 2.85. The summed E-state index contributed by atoms with van der Waals surface area (Å²) in [5.41, 5.74) is 0.524. The minimum Gasteiger partial charge on any atom is -0.465 e. The topological polar surface area (TPSA) is 49.8 Å². The Kier molecular flexibility index (Phi) is 5.35. The number of halogens is 1. The van der Waals surface area contributed by atoms with Crippen LogP contribution in [0.15, 0.2) is 18.2 Å². The second-order valence-electron chi connectivity index (χ2n) is 5.28. The van der Waals surface area contributed by atoms with E-state index in [0.29, 0.717) is 23.7 Å². The molecule has 0 aromatic heterocycles. The Labute approximate surface area is 118 Å². The molecule has 0 bridgehead atoms. The number of carbonyl (C=O) groups excluding carboxylic acids is 1. The fraction of sp³-hybridized carbons (Fsp3) is 0.500. The van der Waals surface area contributed by atoms with Crippen molar-refractivity contribution in [2.45, 2.75) is 26.0 Å². The van der Waals surface area contributed by atoms with Crippen molar-refractivity contribution < 1.29 is 14.6 Å². The largest absolute Gasteiger partial charge is 0.465 e. The Morgan fingerprint density at radius 2 is 2.11 bits per heavy atom. The van der Waals surface area contributed by atoms with Crippen LogP contribution in [0.1, 0.15) is 29.8 Å². The molecule has 0 heterocycles. The van der Waals surface area contributed by atoms with Gasteiger partial charge in [0.05, 0.1) is 18.3 Å². The second kappa shape index (κ2) is 6.37. The Morgan fingerprint density at radius 1 is 1.47 bits per heavy atom. The summed E-state index contributed by atoms with van der Waals surface area (Å²) < 4.78 is 4.68. The van der Waals surface area contributed by atoms with Crippen LogP contribution in [-0.4, -0.2) is 42.3 Å². The van der Waals surface area contributed by atoms with Crippen LogP contribution >= 0.6 is 11.6 Å². The normalized spacial score (nSPS) is 11.7. The number of hydrogen-bond acceptors (Lipinski definition) is 4. The quantitative estimate of drug-likeness (QED) is 0.844. The van der Waals surface area contributed by atoms with Gasteiger partial charge in [0.1, 0.15) is 0 Å². The maximum absolute atomic E-state index is 11.5. The van der Waals surface area contributed by atoms with Gasteiger partial charge in [-0.2, -0.15) is 0 Å². The molecule has 0 saturated heterocycles. The van der Waals surface area contributed by atoms with E-state index in [1.807, 2.05) is 11.9 Å². The van der Waals surface area contributed by atoms with Crippen LogP contribution in [0.5, 0.6) is 0 Å². The number of ether oxygens (including phenoxy) is 1. The highest BCUT2D eigenvalue weighted by molar-refractivity contribution is 6.31. The first-order valence-corrected chi connectivity index (χ1v) is 6.38. The third kappa shape index (κ3) is 5.19. The Bertz CT molecular complexity index is 454.